The van der Waals surface area contributed by atoms with Crippen LogP contribution in [-0.2, 0) is 4.79 Å². The minimum atomic E-state index is -0.326. The molecule has 0 spiro atoms. The molecule has 158 valence electrons. The summed E-state index contributed by atoms with van der Waals surface area (Å²) in [6.45, 7) is 4.08. The molecule has 0 saturated heterocycles. The van der Waals surface area contributed by atoms with Gasteiger partial charge in [-0.05, 0) is 73.3 Å². The van der Waals surface area contributed by atoms with Gasteiger partial charge in [0.05, 0.1) is 6.61 Å². The minimum Gasteiger partial charge on any atom is -0.494 e. The smallest absolute Gasteiger partial charge is 0.257 e. The minimum absolute atomic E-state index is 0.173. The van der Waals surface area contributed by atoms with Crippen molar-refractivity contribution in [1.82, 2.24) is 10.6 Å². The van der Waals surface area contributed by atoms with Crippen LogP contribution in [-0.4, -0.2) is 28.6 Å². The number of benzene rings is 2. The van der Waals surface area contributed by atoms with Gasteiger partial charge in [-0.25, -0.2) is 0 Å². The van der Waals surface area contributed by atoms with Gasteiger partial charge in [-0.2, -0.15) is 0 Å². The van der Waals surface area contributed by atoms with E-state index in [0.29, 0.717) is 29.3 Å². The van der Waals surface area contributed by atoms with Gasteiger partial charge in [0.1, 0.15) is 5.75 Å². The van der Waals surface area contributed by atoms with Crippen molar-refractivity contribution in [2.45, 2.75) is 26.7 Å². The van der Waals surface area contributed by atoms with E-state index in [1.165, 1.54) is 6.92 Å². The third kappa shape index (κ3) is 8.14. The topological polar surface area (TPSA) is 91.5 Å². The van der Waals surface area contributed by atoms with Crippen LogP contribution < -0.4 is 26.0 Å². The number of anilines is 2. The SMILES string of the molecule is CCCCOc1cccc(C(=O)NC(=S)Nc2ccc(NC(=S)NC(C)=O)cc2)c1. The van der Waals surface area contributed by atoms with Gasteiger partial charge in [0.15, 0.2) is 10.2 Å². The summed E-state index contributed by atoms with van der Waals surface area (Å²) in [7, 11) is 0. The summed E-state index contributed by atoms with van der Waals surface area (Å²) in [5, 5.41) is 11.4. The fraction of sp³-hybridized carbons (Fsp3) is 0.238. The molecule has 2 amide bonds. The molecule has 9 heteroatoms. The lowest BCUT2D eigenvalue weighted by molar-refractivity contribution is -0.117. The average Bonchev–Trinajstić information content (AvgIpc) is 2.69. The number of rotatable bonds is 7. The van der Waals surface area contributed by atoms with Gasteiger partial charge < -0.3 is 20.7 Å². The number of hydrogen-bond acceptors (Lipinski definition) is 5. The number of amides is 2. The normalized spacial score (nSPS) is 9.93. The highest BCUT2D eigenvalue weighted by Crippen LogP contribution is 2.15. The number of carbonyl (C=O) groups is 2. The summed E-state index contributed by atoms with van der Waals surface area (Å²) >= 11 is 10.2. The first-order valence-electron chi connectivity index (χ1n) is 9.41. The molecule has 2 rings (SSSR count). The van der Waals surface area contributed by atoms with Crippen molar-refractivity contribution < 1.29 is 14.3 Å². The van der Waals surface area contributed by atoms with Crippen LogP contribution in [0.2, 0.25) is 0 Å². The Hall–Kier alpha value is -3.04. The molecule has 0 saturated carbocycles. The number of thiocarbonyl (C=S) groups is 2. The van der Waals surface area contributed by atoms with E-state index in [4.69, 9.17) is 29.2 Å². The molecule has 0 unspecified atom stereocenters. The summed E-state index contributed by atoms with van der Waals surface area (Å²) < 4.78 is 5.63. The van der Waals surface area contributed by atoms with Crippen LogP contribution in [0.15, 0.2) is 48.5 Å². The highest BCUT2D eigenvalue weighted by Gasteiger charge is 2.09. The van der Waals surface area contributed by atoms with Crippen LogP contribution >= 0.6 is 24.4 Å². The van der Waals surface area contributed by atoms with Gasteiger partial charge in [0.25, 0.3) is 5.91 Å². The maximum Gasteiger partial charge on any atom is 0.257 e. The maximum absolute atomic E-state index is 12.4. The van der Waals surface area contributed by atoms with Crippen LogP contribution in [0.5, 0.6) is 5.75 Å². The number of hydrogen-bond donors (Lipinski definition) is 4. The van der Waals surface area contributed by atoms with Gasteiger partial charge in [0.2, 0.25) is 5.91 Å². The van der Waals surface area contributed by atoms with Gasteiger partial charge >= 0.3 is 0 Å². The molecule has 7 nitrogen and oxygen atoms in total. The predicted octanol–water partition coefficient (Wildman–Crippen LogP) is 3.83. The quantitative estimate of drug-likeness (QED) is 0.381. The molecular formula is C21H24N4O3S2. The summed E-state index contributed by atoms with van der Waals surface area (Å²) in [5.74, 6) is 0.0764. The lowest BCUT2D eigenvalue weighted by Crippen LogP contribution is -2.34. The van der Waals surface area contributed by atoms with Crippen molar-refractivity contribution in [3.05, 3.63) is 54.1 Å². The fourth-order valence-electron chi connectivity index (χ4n) is 2.36. The van der Waals surface area contributed by atoms with Crippen LogP contribution in [0.25, 0.3) is 0 Å². The van der Waals surface area contributed by atoms with Crippen molar-refractivity contribution in [2.75, 3.05) is 17.2 Å². The molecule has 0 aliphatic rings. The number of nitrogens with one attached hydrogen (secondary N) is 4. The second-order valence-corrected chi connectivity index (χ2v) is 7.17. The van der Waals surface area contributed by atoms with E-state index in [9.17, 15) is 9.59 Å². The Bertz CT molecular complexity index is 917. The Labute approximate surface area is 186 Å². The number of unbranched alkanes of at least 4 members (excludes halogenated alkanes) is 1. The van der Waals surface area contributed by atoms with Crippen molar-refractivity contribution in [2.24, 2.45) is 0 Å². The van der Waals surface area contributed by atoms with E-state index in [0.717, 1.165) is 12.8 Å². The molecule has 0 radical (unpaired) electrons. The second kappa shape index (κ2) is 11.8. The van der Waals surface area contributed by atoms with Crippen molar-refractivity contribution >= 4 is 57.8 Å². The Morgan fingerprint density at radius 3 is 2.10 bits per heavy atom. The summed E-state index contributed by atoms with van der Waals surface area (Å²) in [5.41, 5.74) is 1.85. The summed E-state index contributed by atoms with van der Waals surface area (Å²) in [6, 6.07) is 14.0. The third-order valence-corrected chi connectivity index (χ3v) is 4.19. The first kappa shape index (κ1) is 23.2. The first-order chi connectivity index (χ1) is 14.4. The van der Waals surface area contributed by atoms with E-state index >= 15 is 0 Å². The Morgan fingerprint density at radius 2 is 1.53 bits per heavy atom. The second-order valence-electron chi connectivity index (χ2n) is 6.35. The Balaban J connectivity index is 1.87. The first-order valence-corrected chi connectivity index (χ1v) is 10.2. The van der Waals surface area contributed by atoms with Gasteiger partial charge in [-0.1, -0.05) is 19.4 Å². The molecule has 2 aromatic carbocycles. The highest BCUT2D eigenvalue weighted by molar-refractivity contribution is 7.80. The van der Waals surface area contributed by atoms with Gasteiger partial charge in [-0.3, -0.25) is 14.9 Å². The summed E-state index contributed by atoms with van der Waals surface area (Å²) in [6.07, 6.45) is 2.00. The Kier molecular flexibility index (Phi) is 9.17. The zero-order chi connectivity index (χ0) is 21.9. The van der Waals surface area contributed by atoms with Crippen LogP contribution in [0.1, 0.15) is 37.0 Å². The zero-order valence-corrected chi connectivity index (χ0v) is 18.4. The van der Waals surface area contributed by atoms with E-state index in [2.05, 4.69) is 28.2 Å². The largest absolute Gasteiger partial charge is 0.494 e. The molecule has 0 aliphatic carbocycles. The van der Waals surface area contributed by atoms with E-state index < -0.39 is 0 Å². The average molecular weight is 445 g/mol. The highest BCUT2D eigenvalue weighted by atomic mass is 32.1. The Morgan fingerprint density at radius 1 is 0.933 bits per heavy atom. The van der Waals surface area contributed by atoms with E-state index in [-0.39, 0.29) is 22.0 Å². The van der Waals surface area contributed by atoms with E-state index in [1.54, 1.807) is 42.5 Å². The van der Waals surface area contributed by atoms with Crippen molar-refractivity contribution in [3.63, 3.8) is 0 Å². The van der Waals surface area contributed by atoms with Crippen LogP contribution in [0.4, 0.5) is 11.4 Å². The zero-order valence-electron chi connectivity index (χ0n) is 16.8. The molecular weight excluding hydrogens is 420 g/mol. The standard InChI is InChI=1S/C21H24N4O3S2/c1-3-4-12-28-18-7-5-6-15(13-18)19(27)25-21(30)24-17-10-8-16(9-11-17)23-20(29)22-14(2)26/h5-11,13H,3-4,12H2,1-2H3,(H2,22,23,26,29)(H2,24,25,27,30). The molecule has 0 heterocycles. The van der Waals surface area contributed by atoms with Crippen LogP contribution in [0.3, 0.4) is 0 Å². The monoisotopic (exact) mass is 444 g/mol. The molecule has 4 N–H and O–H groups in total. The van der Waals surface area contributed by atoms with Crippen molar-refractivity contribution in [1.29, 1.82) is 0 Å². The van der Waals surface area contributed by atoms with Gasteiger partial charge in [0, 0.05) is 23.9 Å². The molecule has 0 fully saturated rings. The van der Waals surface area contributed by atoms with Gasteiger partial charge in [-0.15, -0.1) is 0 Å². The van der Waals surface area contributed by atoms with E-state index in [1.807, 2.05) is 6.07 Å². The third-order valence-electron chi connectivity index (χ3n) is 3.78. The summed E-state index contributed by atoms with van der Waals surface area (Å²) in [4.78, 5) is 23.4. The number of carbonyl (C=O) groups excluding carboxylic acids is 2. The van der Waals surface area contributed by atoms with Crippen molar-refractivity contribution in [3.8, 4) is 5.75 Å². The lowest BCUT2D eigenvalue weighted by atomic mass is 10.2. The number of ether oxygens (including phenoxy) is 1. The molecule has 2 aromatic rings. The van der Waals surface area contributed by atoms with Crippen LogP contribution in [0, 0.1) is 0 Å². The molecule has 0 bridgehead atoms. The maximum atomic E-state index is 12.4. The lowest BCUT2D eigenvalue weighted by Gasteiger charge is -2.12. The molecule has 30 heavy (non-hydrogen) atoms. The predicted molar refractivity (Wildman–Crippen MR) is 127 cm³/mol. The molecule has 0 atom stereocenters. The molecule has 0 aliphatic heterocycles. The fourth-order valence-corrected chi connectivity index (χ4v) is 2.83. The molecule has 0 aromatic heterocycles.